The van der Waals surface area contributed by atoms with Gasteiger partial charge in [0, 0.05) is 30.5 Å². The Bertz CT molecular complexity index is 671. The van der Waals surface area contributed by atoms with Gasteiger partial charge in [-0.3, -0.25) is 9.59 Å². The molecule has 0 N–H and O–H groups in total. The molecule has 0 bridgehead atoms. The molecule has 0 heterocycles. The summed E-state index contributed by atoms with van der Waals surface area (Å²) in [6.45, 7) is 0.845. The van der Waals surface area contributed by atoms with Crippen molar-refractivity contribution in [2.75, 3.05) is 20.2 Å². The van der Waals surface area contributed by atoms with Crippen LogP contribution in [0.4, 0.5) is 0 Å². The van der Waals surface area contributed by atoms with Crippen molar-refractivity contribution in [2.24, 2.45) is 0 Å². The third-order valence-corrected chi connectivity index (χ3v) is 3.85. The highest BCUT2D eigenvalue weighted by Gasteiger charge is 2.12. The van der Waals surface area contributed by atoms with Crippen LogP contribution in [0, 0.1) is 0 Å². The number of carbonyl (C=O) groups excluding carboxylic acids is 2. The number of halogens is 1. The van der Waals surface area contributed by atoms with Gasteiger partial charge in [-0.1, -0.05) is 41.9 Å². The second kappa shape index (κ2) is 9.08. The second-order valence-corrected chi connectivity index (χ2v) is 5.84. The molecule has 0 saturated heterocycles. The standard InChI is InChI=1S/C19H20ClNO3/c1-21(13-14-24-17-9-7-16(20)8-10-17)19(23)12-11-18(22)15-5-3-2-4-6-15/h2-10H,11-14H2,1H3. The molecule has 5 heteroatoms. The zero-order chi connectivity index (χ0) is 17.4. The minimum Gasteiger partial charge on any atom is -0.492 e. The lowest BCUT2D eigenvalue weighted by molar-refractivity contribution is -0.130. The van der Waals surface area contributed by atoms with Gasteiger partial charge < -0.3 is 9.64 Å². The Hall–Kier alpha value is -2.33. The van der Waals surface area contributed by atoms with Gasteiger partial charge in [0.15, 0.2) is 5.78 Å². The van der Waals surface area contributed by atoms with Gasteiger partial charge in [0.05, 0.1) is 6.54 Å². The number of carbonyl (C=O) groups is 2. The third kappa shape index (κ3) is 5.70. The first-order valence-corrected chi connectivity index (χ1v) is 8.14. The molecule has 2 aromatic carbocycles. The number of Topliss-reactive ketones (excluding diaryl/α,β-unsaturated/α-hetero) is 1. The summed E-state index contributed by atoms with van der Waals surface area (Å²) in [5, 5.41) is 0.651. The van der Waals surface area contributed by atoms with Crippen LogP contribution in [0.1, 0.15) is 23.2 Å². The maximum Gasteiger partial charge on any atom is 0.222 e. The highest BCUT2D eigenvalue weighted by Crippen LogP contribution is 2.15. The van der Waals surface area contributed by atoms with E-state index in [1.54, 1.807) is 48.3 Å². The topological polar surface area (TPSA) is 46.6 Å². The molecule has 2 aromatic rings. The van der Waals surface area contributed by atoms with Crippen LogP contribution in [0.5, 0.6) is 5.75 Å². The average molecular weight is 346 g/mol. The zero-order valence-electron chi connectivity index (χ0n) is 13.6. The van der Waals surface area contributed by atoms with Crippen LogP contribution in [-0.2, 0) is 4.79 Å². The molecule has 0 aliphatic heterocycles. The van der Waals surface area contributed by atoms with Gasteiger partial charge >= 0.3 is 0 Å². The lowest BCUT2D eigenvalue weighted by Crippen LogP contribution is -2.31. The normalized spacial score (nSPS) is 10.2. The lowest BCUT2D eigenvalue weighted by Gasteiger charge is -2.17. The van der Waals surface area contributed by atoms with E-state index >= 15 is 0 Å². The van der Waals surface area contributed by atoms with Crippen LogP contribution in [0.3, 0.4) is 0 Å². The van der Waals surface area contributed by atoms with Crippen LogP contribution in [-0.4, -0.2) is 36.8 Å². The molecule has 4 nitrogen and oxygen atoms in total. The largest absolute Gasteiger partial charge is 0.492 e. The van der Waals surface area contributed by atoms with Gasteiger partial charge in [-0.2, -0.15) is 0 Å². The summed E-state index contributed by atoms with van der Waals surface area (Å²) < 4.78 is 5.56. The summed E-state index contributed by atoms with van der Waals surface area (Å²) in [7, 11) is 1.71. The van der Waals surface area contributed by atoms with Gasteiger partial charge in [0.2, 0.25) is 5.91 Å². The van der Waals surface area contributed by atoms with Crippen LogP contribution < -0.4 is 4.74 Å². The summed E-state index contributed by atoms with van der Waals surface area (Å²) in [4.78, 5) is 25.6. The van der Waals surface area contributed by atoms with E-state index in [0.29, 0.717) is 29.5 Å². The van der Waals surface area contributed by atoms with Crippen molar-refractivity contribution >= 4 is 23.3 Å². The Morgan fingerprint density at radius 1 is 1.00 bits per heavy atom. The van der Waals surface area contributed by atoms with Crippen LogP contribution in [0.2, 0.25) is 5.02 Å². The smallest absolute Gasteiger partial charge is 0.222 e. The fraction of sp³-hybridized carbons (Fsp3) is 0.263. The SMILES string of the molecule is CN(CCOc1ccc(Cl)cc1)C(=O)CCC(=O)c1ccccc1. The van der Waals surface area contributed by atoms with Crippen molar-refractivity contribution < 1.29 is 14.3 Å². The summed E-state index contributed by atoms with van der Waals surface area (Å²) in [5.41, 5.74) is 0.638. The number of nitrogens with zero attached hydrogens (tertiary/aromatic N) is 1. The highest BCUT2D eigenvalue weighted by atomic mass is 35.5. The predicted molar refractivity (Wildman–Crippen MR) is 94.6 cm³/mol. The Kier molecular flexibility index (Phi) is 6.82. The van der Waals surface area contributed by atoms with E-state index in [9.17, 15) is 9.59 Å². The van der Waals surface area contributed by atoms with Gasteiger partial charge in [0.1, 0.15) is 12.4 Å². The summed E-state index contributed by atoms with van der Waals surface area (Å²) >= 11 is 5.81. The predicted octanol–water partition coefficient (Wildman–Crippen LogP) is 3.84. The Morgan fingerprint density at radius 3 is 2.33 bits per heavy atom. The molecule has 126 valence electrons. The first kappa shape index (κ1) is 18.0. The maximum absolute atomic E-state index is 12.1. The van der Waals surface area contributed by atoms with E-state index in [1.165, 1.54) is 0 Å². The number of benzene rings is 2. The van der Waals surface area contributed by atoms with E-state index in [1.807, 2.05) is 18.2 Å². The van der Waals surface area contributed by atoms with E-state index in [4.69, 9.17) is 16.3 Å². The molecule has 0 aliphatic rings. The third-order valence-electron chi connectivity index (χ3n) is 3.60. The Balaban J connectivity index is 1.70. The van der Waals surface area contributed by atoms with E-state index in [-0.39, 0.29) is 24.5 Å². The first-order valence-electron chi connectivity index (χ1n) is 7.77. The molecule has 0 unspecified atom stereocenters. The second-order valence-electron chi connectivity index (χ2n) is 5.41. The number of ketones is 1. The summed E-state index contributed by atoms with van der Waals surface area (Å²) in [6, 6.07) is 16.1. The van der Waals surface area contributed by atoms with E-state index in [0.717, 1.165) is 0 Å². The maximum atomic E-state index is 12.1. The molecule has 0 aromatic heterocycles. The average Bonchev–Trinajstić information content (AvgIpc) is 2.61. The lowest BCUT2D eigenvalue weighted by atomic mass is 10.1. The molecule has 0 aliphatic carbocycles. The minimum absolute atomic E-state index is 0.0187. The Labute approximate surface area is 147 Å². The molecular weight excluding hydrogens is 326 g/mol. The number of rotatable bonds is 8. The highest BCUT2D eigenvalue weighted by molar-refractivity contribution is 6.30. The fourth-order valence-electron chi connectivity index (χ4n) is 2.14. The molecule has 0 spiro atoms. The minimum atomic E-state index is -0.0704. The van der Waals surface area contributed by atoms with Crippen molar-refractivity contribution in [3.63, 3.8) is 0 Å². The van der Waals surface area contributed by atoms with E-state index < -0.39 is 0 Å². The van der Waals surface area contributed by atoms with Crippen LogP contribution in [0.15, 0.2) is 54.6 Å². The fourth-order valence-corrected chi connectivity index (χ4v) is 2.26. The van der Waals surface area contributed by atoms with Gasteiger partial charge in [-0.05, 0) is 24.3 Å². The van der Waals surface area contributed by atoms with Crippen molar-refractivity contribution in [1.82, 2.24) is 4.90 Å². The molecule has 1 amide bonds. The Morgan fingerprint density at radius 2 is 1.67 bits per heavy atom. The first-order chi connectivity index (χ1) is 11.6. The van der Waals surface area contributed by atoms with Crippen LogP contribution >= 0.6 is 11.6 Å². The quantitative estimate of drug-likeness (QED) is 0.683. The van der Waals surface area contributed by atoms with Crippen molar-refractivity contribution in [3.8, 4) is 5.75 Å². The van der Waals surface area contributed by atoms with Gasteiger partial charge in [0.25, 0.3) is 0 Å². The van der Waals surface area contributed by atoms with Gasteiger partial charge in [-0.25, -0.2) is 0 Å². The summed E-state index contributed by atoms with van der Waals surface area (Å²) in [6.07, 6.45) is 0.413. The van der Waals surface area contributed by atoms with Crippen molar-refractivity contribution in [2.45, 2.75) is 12.8 Å². The molecule has 24 heavy (non-hydrogen) atoms. The number of ether oxygens (including phenoxy) is 1. The monoisotopic (exact) mass is 345 g/mol. The summed E-state index contributed by atoms with van der Waals surface area (Å²) in [5.74, 6) is 0.619. The van der Waals surface area contributed by atoms with Crippen molar-refractivity contribution in [1.29, 1.82) is 0 Å². The molecule has 0 atom stereocenters. The number of likely N-dealkylation sites (N-methyl/N-ethyl adjacent to an activating group) is 1. The molecule has 0 radical (unpaired) electrons. The molecular formula is C19H20ClNO3. The van der Waals surface area contributed by atoms with Crippen molar-refractivity contribution in [3.05, 3.63) is 65.2 Å². The van der Waals surface area contributed by atoms with Crippen LogP contribution in [0.25, 0.3) is 0 Å². The van der Waals surface area contributed by atoms with Gasteiger partial charge in [-0.15, -0.1) is 0 Å². The number of hydrogen-bond acceptors (Lipinski definition) is 3. The molecule has 0 saturated carbocycles. The number of hydrogen-bond donors (Lipinski definition) is 0. The molecule has 0 fully saturated rings. The van der Waals surface area contributed by atoms with E-state index in [2.05, 4.69) is 0 Å². The number of amides is 1. The molecule has 2 rings (SSSR count). The zero-order valence-corrected chi connectivity index (χ0v) is 14.3.